The number of nitrogens with zero attached hydrogens (tertiary/aromatic N) is 1. The molecule has 1 fully saturated rings. The Morgan fingerprint density at radius 3 is 2.65 bits per heavy atom. The van der Waals surface area contributed by atoms with Gasteiger partial charge in [-0.2, -0.15) is 0 Å². The fourth-order valence-corrected chi connectivity index (χ4v) is 4.50. The lowest BCUT2D eigenvalue weighted by Gasteiger charge is -2.27. The lowest BCUT2D eigenvalue weighted by molar-refractivity contribution is 0.0620. The first-order valence-corrected chi connectivity index (χ1v) is 8.63. The molecule has 1 aromatic rings. The smallest absolute Gasteiger partial charge is 0.243 e. The van der Waals surface area contributed by atoms with Gasteiger partial charge in [0.1, 0.15) is 5.82 Å². The predicted octanol–water partition coefficient (Wildman–Crippen LogP) is 2.64. The van der Waals surface area contributed by atoms with Crippen molar-refractivity contribution in [3.05, 3.63) is 28.5 Å². The van der Waals surface area contributed by atoms with Gasteiger partial charge in [-0.3, -0.25) is 0 Å². The van der Waals surface area contributed by atoms with Gasteiger partial charge in [0, 0.05) is 31.3 Å². The first-order chi connectivity index (χ1) is 9.41. The second-order valence-electron chi connectivity index (χ2n) is 4.92. The van der Waals surface area contributed by atoms with Crippen LogP contribution in [0.15, 0.2) is 27.6 Å². The summed E-state index contributed by atoms with van der Waals surface area (Å²) >= 11 is 3.11. The molecule has 0 radical (unpaired) electrons. The monoisotopic (exact) mass is 365 g/mol. The van der Waals surface area contributed by atoms with Gasteiger partial charge in [-0.25, -0.2) is 17.1 Å². The summed E-state index contributed by atoms with van der Waals surface area (Å²) in [4.78, 5) is 0.0912. The van der Waals surface area contributed by atoms with Crippen molar-refractivity contribution in [3.63, 3.8) is 0 Å². The van der Waals surface area contributed by atoms with Gasteiger partial charge in [-0.05, 0) is 52.9 Å². The van der Waals surface area contributed by atoms with Gasteiger partial charge in [0.25, 0.3) is 0 Å². The van der Waals surface area contributed by atoms with Crippen molar-refractivity contribution < 1.29 is 17.5 Å². The number of rotatable bonds is 4. The minimum atomic E-state index is -3.61. The predicted molar refractivity (Wildman–Crippen MR) is 77.5 cm³/mol. The van der Waals surface area contributed by atoms with E-state index in [0.29, 0.717) is 25.7 Å². The molecule has 0 atom stereocenters. The average Bonchev–Trinajstić information content (AvgIpc) is 2.39. The number of hydrogen-bond donors (Lipinski definition) is 0. The van der Waals surface area contributed by atoms with Gasteiger partial charge < -0.3 is 4.74 Å². The highest BCUT2D eigenvalue weighted by atomic mass is 79.9. The average molecular weight is 366 g/mol. The van der Waals surface area contributed by atoms with Gasteiger partial charge in [0.05, 0.1) is 4.90 Å². The summed E-state index contributed by atoms with van der Waals surface area (Å²) < 4.78 is 44.9. The minimum absolute atomic E-state index is 0.0912. The molecule has 0 bridgehead atoms. The summed E-state index contributed by atoms with van der Waals surface area (Å²) in [7, 11) is -2.05. The van der Waals surface area contributed by atoms with Crippen molar-refractivity contribution in [2.45, 2.75) is 17.7 Å². The number of sulfonamides is 1. The van der Waals surface area contributed by atoms with Gasteiger partial charge in [0.2, 0.25) is 10.0 Å². The Labute approximate surface area is 127 Å². The van der Waals surface area contributed by atoms with Gasteiger partial charge in [-0.15, -0.1) is 0 Å². The van der Waals surface area contributed by atoms with Crippen LogP contribution in [0.1, 0.15) is 12.8 Å². The molecule has 4 nitrogen and oxygen atoms in total. The van der Waals surface area contributed by atoms with Crippen LogP contribution in [0.25, 0.3) is 0 Å². The van der Waals surface area contributed by atoms with Crippen LogP contribution in [0.2, 0.25) is 0 Å². The molecule has 1 aliphatic heterocycles. The fourth-order valence-electron chi connectivity index (χ4n) is 2.24. The van der Waals surface area contributed by atoms with Crippen molar-refractivity contribution >= 4 is 26.0 Å². The molecule has 1 saturated heterocycles. The molecule has 0 N–H and O–H groups in total. The van der Waals surface area contributed by atoms with Crippen LogP contribution in [0.4, 0.5) is 4.39 Å². The summed E-state index contributed by atoms with van der Waals surface area (Å²) in [6.07, 6.45) is 1.73. The normalized spacial score (nSPS) is 17.6. The maximum absolute atomic E-state index is 13.1. The van der Waals surface area contributed by atoms with Crippen LogP contribution in [0.3, 0.4) is 0 Å². The second-order valence-corrected chi connectivity index (χ2v) is 7.78. The van der Waals surface area contributed by atoms with Crippen molar-refractivity contribution in [1.82, 2.24) is 4.31 Å². The maximum atomic E-state index is 13.1. The molecule has 2 rings (SSSR count). The van der Waals surface area contributed by atoms with E-state index >= 15 is 0 Å². The van der Waals surface area contributed by atoms with E-state index in [9.17, 15) is 12.8 Å². The molecular weight excluding hydrogens is 349 g/mol. The third-order valence-electron chi connectivity index (χ3n) is 3.44. The molecule has 7 heteroatoms. The van der Waals surface area contributed by atoms with Gasteiger partial charge >= 0.3 is 0 Å². The number of benzene rings is 1. The zero-order valence-corrected chi connectivity index (χ0v) is 13.6. The molecule has 112 valence electrons. The molecule has 0 aliphatic carbocycles. The summed E-state index contributed by atoms with van der Waals surface area (Å²) in [5.74, 6) is -0.161. The number of hydrogen-bond acceptors (Lipinski definition) is 3. The Bertz CT molecular complexity index is 573. The van der Waals surface area contributed by atoms with Crippen LogP contribution in [0.5, 0.6) is 0 Å². The summed E-state index contributed by atoms with van der Waals surface area (Å²) in [6, 6.07) is 3.60. The summed E-state index contributed by atoms with van der Waals surface area (Å²) in [6.45, 7) is 1.81. The van der Waals surface area contributed by atoms with E-state index in [2.05, 4.69) is 15.9 Å². The molecule has 1 aliphatic rings. The topological polar surface area (TPSA) is 46.6 Å². The quantitative estimate of drug-likeness (QED) is 0.823. The highest BCUT2D eigenvalue weighted by Gasteiger charge is 2.26. The number of ether oxygens (including phenoxy) is 1. The Balaban J connectivity index is 2.16. The molecule has 0 unspecified atom stereocenters. The largest absolute Gasteiger partial charge is 0.381 e. The zero-order valence-electron chi connectivity index (χ0n) is 11.2. The number of halogens is 2. The van der Waals surface area contributed by atoms with E-state index in [1.807, 2.05) is 0 Å². The van der Waals surface area contributed by atoms with Crippen molar-refractivity contribution in [3.8, 4) is 0 Å². The highest BCUT2D eigenvalue weighted by molar-refractivity contribution is 9.10. The second kappa shape index (κ2) is 6.51. The molecule has 0 spiro atoms. The lowest BCUT2D eigenvalue weighted by Crippen LogP contribution is -2.34. The maximum Gasteiger partial charge on any atom is 0.243 e. The molecule has 0 amide bonds. The molecule has 20 heavy (non-hydrogen) atoms. The Morgan fingerprint density at radius 1 is 1.40 bits per heavy atom. The van der Waals surface area contributed by atoms with E-state index in [1.54, 1.807) is 7.05 Å². The molecular formula is C13H17BrFNO3S. The van der Waals surface area contributed by atoms with Gasteiger partial charge in [0.15, 0.2) is 0 Å². The van der Waals surface area contributed by atoms with E-state index in [0.717, 1.165) is 25.0 Å². The van der Waals surface area contributed by atoms with E-state index < -0.39 is 15.8 Å². The summed E-state index contributed by atoms with van der Waals surface area (Å²) in [5.41, 5.74) is 0. The Morgan fingerprint density at radius 2 is 2.05 bits per heavy atom. The van der Waals surface area contributed by atoms with Gasteiger partial charge in [-0.1, -0.05) is 0 Å². The first-order valence-electron chi connectivity index (χ1n) is 6.40. The minimum Gasteiger partial charge on any atom is -0.381 e. The molecule has 1 aromatic carbocycles. The standard InChI is InChI=1S/C13H17BrFNO3S/c1-16(9-10-4-6-19-7-5-10)20(17,18)13-3-2-11(15)8-12(13)14/h2-3,8,10H,4-7,9H2,1H3. The molecule has 1 heterocycles. The van der Waals surface area contributed by atoms with Crippen LogP contribution in [-0.4, -0.2) is 39.5 Å². The third kappa shape index (κ3) is 3.58. The Kier molecular flexibility index (Phi) is 5.17. The third-order valence-corrected chi connectivity index (χ3v) is 6.24. The highest BCUT2D eigenvalue weighted by Crippen LogP contribution is 2.26. The molecule has 0 aromatic heterocycles. The van der Waals surface area contributed by atoms with E-state index in [4.69, 9.17) is 4.74 Å². The zero-order chi connectivity index (χ0) is 14.8. The SMILES string of the molecule is CN(CC1CCOCC1)S(=O)(=O)c1ccc(F)cc1Br. The molecule has 0 saturated carbocycles. The van der Waals surface area contributed by atoms with E-state index in [1.165, 1.54) is 10.4 Å². The van der Waals surface area contributed by atoms with Crippen molar-refractivity contribution in [1.29, 1.82) is 0 Å². The fraction of sp³-hybridized carbons (Fsp3) is 0.538. The van der Waals surface area contributed by atoms with Crippen molar-refractivity contribution in [2.75, 3.05) is 26.8 Å². The Hall–Kier alpha value is -0.500. The first kappa shape index (κ1) is 15.9. The van der Waals surface area contributed by atoms with E-state index in [-0.39, 0.29) is 9.37 Å². The van der Waals surface area contributed by atoms with Crippen LogP contribution < -0.4 is 0 Å². The van der Waals surface area contributed by atoms with Crippen LogP contribution in [-0.2, 0) is 14.8 Å². The van der Waals surface area contributed by atoms with Crippen LogP contribution >= 0.6 is 15.9 Å². The van der Waals surface area contributed by atoms with Crippen molar-refractivity contribution in [2.24, 2.45) is 5.92 Å². The summed E-state index contributed by atoms with van der Waals surface area (Å²) in [5, 5.41) is 0. The lowest BCUT2D eigenvalue weighted by atomic mass is 10.0. The van der Waals surface area contributed by atoms with Crippen LogP contribution in [0, 0.1) is 11.7 Å².